The number of carbonyl (C=O) groups is 1. The molecule has 0 fully saturated rings. The molecule has 0 aromatic heterocycles. The molecule has 0 radical (unpaired) electrons. The van der Waals surface area contributed by atoms with Crippen molar-refractivity contribution < 1.29 is 14.6 Å². The Kier molecular flexibility index (Phi) is 4.20. The van der Waals surface area contributed by atoms with Crippen LogP contribution in [0.2, 0.25) is 0 Å². The normalized spacial score (nSPS) is 10.7. The van der Waals surface area contributed by atoms with Crippen LogP contribution >= 0.6 is 0 Å². The van der Waals surface area contributed by atoms with E-state index in [1.807, 2.05) is 31.2 Å². The van der Waals surface area contributed by atoms with Crippen molar-refractivity contribution in [1.29, 1.82) is 0 Å². The Balaban J connectivity index is 2.26. The lowest BCUT2D eigenvalue weighted by atomic mass is 10.1. The lowest BCUT2D eigenvalue weighted by molar-refractivity contribution is 0.104. The molecule has 0 aliphatic carbocycles. The number of allylic oxidation sites excluding steroid dienone is 1. The molecule has 0 aliphatic heterocycles. The van der Waals surface area contributed by atoms with E-state index in [9.17, 15) is 9.90 Å². The molecule has 0 saturated heterocycles. The average molecular weight is 268 g/mol. The van der Waals surface area contributed by atoms with Crippen LogP contribution < -0.4 is 4.74 Å². The summed E-state index contributed by atoms with van der Waals surface area (Å²) < 4.78 is 5.10. The fourth-order valence-electron chi connectivity index (χ4n) is 1.87. The Morgan fingerprint density at radius 1 is 1.15 bits per heavy atom. The maximum absolute atomic E-state index is 12.2. The van der Waals surface area contributed by atoms with Gasteiger partial charge in [0.25, 0.3) is 0 Å². The van der Waals surface area contributed by atoms with Crippen LogP contribution in [0.3, 0.4) is 0 Å². The van der Waals surface area contributed by atoms with Gasteiger partial charge in [0.05, 0.1) is 7.11 Å². The summed E-state index contributed by atoms with van der Waals surface area (Å²) in [7, 11) is 1.47. The van der Waals surface area contributed by atoms with Crippen molar-refractivity contribution in [3.63, 3.8) is 0 Å². The number of carbonyl (C=O) groups excluding carboxylic acids is 1. The largest absolute Gasteiger partial charge is 0.507 e. The second-order valence-corrected chi connectivity index (χ2v) is 4.46. The predicted molar refractivity (Wildman–Crippen MR) is 79.2 cm³/mol. The fourth-order valence-corrected chi connectivity index (χ4v) is 1.87. The van der Waals surface area contributed by atoms with Crippen LogP contribution in [0.25, 0.3) is 6.08 Å². The minimum absolute atomic E-state index is 0.0806. The number of ether oxygens (including phenoxy) is 1. The van der Waals surface area contributed by atoms with Crippen LogP contribution in [-0.4, -0.2) is 18.0 Å². The summed E-state index contributed by atoms with van der Waals surface area (Å²) in [5.41, 5.74) is 2.27. The van der Waals surface area contributed by atoms with E-state index in [0.717, 1.165) is 11.1 Å². The van der Waals surface area contributed by atoms with E-state index in [0.29, 0.717) is 5.75 Å². The van der Waals surface area contributed by atoms with Gasteiger partial charge in [-0.3, -0.25) is 4.79 Å². The molecule has 2 rings (SSSR count). The van der Waals surface area contributed by atoms with Crippen molar-refractivity contribution in [2.45, 2.75) is 6.92 Å². The molecule has 3 heteroatoms. The highest BCUT2D eigenvalue weighted by atomic mass is 16.5. The molecule has 102 valence electrons. The Hall–Kier alpha value is -2.55. The van der Waals surface area contributed by atoms with Gasteiger partial charge in [0.15, 0.2) is 5.78 Å². The number of ketones is 1. The Morgan fingerprint density at radius 3 is 2.50 bits per heavy atom. The van der Waals surface area contributed by atoms with Crippen LogP contribution in [0.5, 0.6) is 11.5 Å². The lowest BCUT2D eigenvalue weighted by Crippen LogP contribution is -1.99. The zero-order valence-corrected chi connectivity index (χ0v) is 11.5. The first kappa shape index (κ1) is 13.9. The van der Waals surface area contributed by atoms with Gasteiger partial charge in [0.1, 0.15) is 17.1 Å². The summed E-state index contributed by atoms with van der Waals surface area (Å²) in [5, 5.41) is 9.79. The van der Waals surface area contributed by atoms with E-state index < -0.39 is 0 Å². The minimum Gasteiger partial charge on any atom is -0.507 e. The van der Waals surface area contributed by atoms with Gasteiger partial charge < -0.3 is 9.84 Å². The molecule has 2 aromatic carbocycles. The van der Waals surface area contributed by atoms with Crippen LogP contribution in [-0.2, 0) is 0 Å². The van der Waals surface area contributed by atoms with Crippen LogP contribution in [0, 0.1) is 6.92 Å². The number of benzene rings is 2. The molecule has 0 spiro atoms. The van der Waals surface area contributed by atoms with Gasteiger partial charge >= 0.3 is 0 Å². The third-order valence-electron chi connectivity index (χ3n) is 2.98. The zero-order chi connectivity index (χ0) is 14.5. The monoisotopic (exact) mass is 268 g/mol. The molecule has 0 aliphatic rings. The van der Waals surface area contributed by atoms with Crippen molar-refractivity contribution >= 4 is 11.9 Å². The minimum atomic E-state index is -0.291. The van der Waals surface area contributed by atoms with E-state index in [1.54, 1.807) is 18.2 Å². The number of aryl methyl sites for hydroxylation is 1. The highest BCUT2D eigenvalue weighted by molar-refractivity contribution is 6.10. The first-order valence-electron chi connectivity index (χ1n) is 6.27. The molecule has 3 nitrogen and oxygen atoms in total. The molecule has 0 saturated carbocycles. The number of aromatic hydroxyl groups is 1. The van der Waals surface area contributed by atoms with Gasteiger partial charge in [-0.1, -0.05) is 42.0 Å². The second-order valence-electron chi connectivity index (χ2n) is 4.46. The summed E-state index contributed by atoms with van der Waals surface area (Å²) >= 11 is 0. The van der Waals surface area contributed by atoms with E-state index >= 15 is 0 Å². The quantitative estimate of drug-likeness (QED) is 0.680. The first-order chi connectivity index (χ1) is 9.61. The average Bonchev–Trinajstić information content (AvgIpc) is 2.46. The van der Waals surface area contributed by atoms with E-state index in [-0.39, 0.29) is 17.1 Å². The summed E-state index contributed by atoms with van der Waals surface area (Å²) in [5.74, 6) is -0.00742. The van der Waals surface area contributed by atoms with Crippen LogP contribution in [0.1, 0.15) is 21.5 Å². The third kappa shape index (κ3) is 3.06. The molecule has 0 bridgehead atoms. The molecule has 0 atom stereocenters. The number of hydrogen-bond donors (Lipinski definition) is 1. The number of rotatable bonds is 4. The molecule has 0 heterocycles. The van der Waals surface area contributed by atoms with Crippen molar-refractivity contribution in [2.75, 3.05) is 7.11 Å². The maximum Gasteiger partial charge on any atom is 0.193 e. The van der Waals surface area contributed by atoms with E-state index in [1.165, 1.54) is 19.3 Å². The predicted octanol–water partition coefficient (Wildman–Crippen LogP) is 3.61. The van der Waals surface area contributed by atoms with Gasteiger partial charge in [-0.05, 0) is 30.7 Å². The highest BCUT2D eigenvalue weighted by Gasteiger charge is 2.14. The second kappa shape index (κ2) is 6.06. The fraction of sp³-hybridized carbons (Fsp3) is 0.118. The molecule has 2 aromatic rings. The number of phenols is 1. The van der Waals surface area contributed by atoms with Crippen molar-refractivity contribution in [2.24, 2.45) is 0 Å². The Morgan fingerprint density at radius 2 is 1.85 bits per heavy atom. The van der Waals surface area contributed by atoms with Gasteiger partial charge in [-0.15, -0.1) is 0 Å². The van der Waals surface area contributed by atoms with Gasteiger partial charge in [-0.25, -0.2) is 0 Å². The topological polar surface area (TPSA) is 46.5 Å². The zero-order valence-electron chi connectivity index (χ0n) is 11.5. The summed E-state index contributed by atoms with van der Waals surface area (Å²) in [6.07, 6.45) is 3.15. The van der Waals surface area contributed by atoms with Gasteiger partial charge in [0, 0.05) is 0 Å². The molecular formula is C17H16O3. The first-order valence-corrected chi connectivity index (χ1v) is 6.27. The smallest absolute Gasteiger partial charge is 0.193 e. The SMILES string of the molecule is COc1cccc(O)c1C(=O)/C=C/c1ccc(C)cc1. The number of hydrogen-bond acceptors (Lipinski definition) is 3. The third-order valence-corrected chi connectivity index (χ3v) is 2.98. The molecular weight excluding hydrogens is 252 g/mol. The Labute approximate surface area is 118 Å². The van der Waals surface area contributed by atoms with Crippen molar-refractivity contribution in [1.82, 2.24) is 0 Å². The number of methoxy groups -OCH3 is 1. The van der Waals surface area contributed by atoms with E-state index in [2.05, 4.69) is 0 Å². The summed E-state index contributed by atoms with van der Waals surface area (Å²) in [6, 6.07) is 12.6. The van der Waals surface area contributed by atoms with E-state index in [4.69, 9.17) is 4.74 Å². The molecule has 0 unspecified atom stereocenters. The van der Waals surface area contributed by atoms with Crippen molar-refractivity contribution in [3.05, 3.63) is 65.2 Å². The summed E-state index contributed by atoms with van der Waals surface area (Å²) in [6.45, 7) is 2.01. The van der Waals surface area contributed by atoms with Crippen molar-refractivity contribution in [3.8, 4) is 11.5 Å². The summed E-state index contributed by atoms with van der Waals surface area (Å²) in [4.78, 5) is 12.2. The van der Waals surface area contributed by atoms with Crippen LogP contribution in [0.4, 0.5) is 0 Å². The molecule has 20 heavy (non-hydrogen) atoms. The molecule has 1 N–H and O–H groups in total. The standard InChI is InChI=1S/C17H16O3/c1-12-6-8-13(9-7-12)10-11-15(19)17-14(18)4-3-5-16(17)20-2/h3-11,18H,1-2H3/b11-10+. The Bertz CT molecular complexity index is 640. The maximum atomic E-state index is 12.2. The van der Waals surface area contributed by atoms with Crippen LogP contribution in [0.15, 0.2) is 48.5 Å². The highest BCUT2D eigenvalue weighted by Crippen LogP contribution is 2.28. The van der Waals surface area contributed by atoms with Gasteiger partial charge in [-0.2, -0.15) is 0 Å². The number of phenolic OH excluding ortho intramolecular Hbond substituents is 1. The van der Waals surface area contributed by atoms with Gasteiger partial charge in [0.2, 0.25) is 0 Å². The molecule has 0 amide bonds. The lowest BCUT2D eigenvalue weighted by Gasteiger charge is -2.07.